The van der Waals surface area contributed by atoms with Gasteiger partial charge in [0.15, 0.2) is 0 Å². The molecule has 4 nitrogen and oxygen atoms in total. The summed E-state index contributed by atoms with van der Waals surface area (Å²) in [5.74, 6) is 2.12. The number of nitrogens with one attached hydrogen (secondary N) is 1. The Balaban J connectivity index is 2.54. The third-order valence-electron chi connectivity index (χ3n) is 2.40. The Kier molecular flexibility index (Phi) is 6.00. The third-order valence-corrected chi connectivity index (χ3v) is 3.55. The van der Waals surface area contributed by atoms with Crippen LogP contribution in [-0.4, -0.2) is 22.5 Å². The Morgan fingerprint density at radius 1 is 1.47 bits per heavy atom. The van der Waals surface area contributed by atoms with Gasteiger partial charge in [-0.2, -0.15) is 11.8 Å². The second kappa shape index (κ2) is 7.29. The summed E-state index contributed by atoms with van der Waals surface area (Å²) in [6, 6.07) is 7.22. The van der Waals surface area contributed by atoms with Crippen molar-refractivity contribution >= 4 is 17.4 Å². The molecule has 1 unspecified atom stereocenters. The summed E-state index contributed by atoms with van der Waals surface area (Å²) in [6.07, 6.45) is 0. The normalized spacial score (nSPS) is 12.4. The lowest BCUT2D eigenvalue weighted by molar-refractivity contribution is -0.385. The highest BCUT2D eigenvalue weighted by molar-refractivity contribution is 7.99. The van der Waals surface area contributed by atoms with Gasteiger partial charge < -0.3 is 5.32 Å². The van der Waals surface area contributed by atoms with Crippen LogP contribution in [0.15, 0.2) is 24.3 Å². The average molecular weight is 254 g/mol. The summed E-state index contributed by atoms with van der Waals surface area (Å²) in [5.41, 5.74) is 0.932. The molecule has 0 saturated heterocycles. The number of hydrogen-bond acceptors (Lipinski definition) is 4. The van der Waals surface area contributed by atoms with Gasteiger partial charge in [0.05, 0.1) is 4.92 Å². The minimum atomic E-state index is -0.331. The van der Waals surface area contributed by atoms with E-state index in [4.69, 9.17) is 0 Å². The van der Waals surface area contributed by atoms with Crippen LogP contribution >= 0.6 is 11.8 Å². The van der Waals surface area contributed by atoms with Gasteiger partial charge in [0.25, 0.3) is 5.69 Å². The predicted molar refractivity (Wildman–Crippen MR) is 72.4 cm³/mol. The first-order valence-corrected chi connectivity index (χ1v) is 6.84. The molecule has 1 aromatic carbocycles. The van der Waals surface area contributed by atoms with Crippen LogP contribution in [0.25, 0.3) is 0 Å². The molecule has 0 bridgehead atoms. The molecule has 0 spiro atoms. The fourth-order valence-electron chi connectivity index (χ4n) is 1.48. The average Bonchev–Trinajstić information content (AvgIpc) is 2.34. The second-order valence-corrected chi connectivity index (χ2v) is 5.15. The number of rotatable bonds is 7. The monoisotopic (exact) mass is 254 g/mol. The zero-order chi connectivity index (χ0) is 12.7. The molecule has 0 aliphatic carbocycles. The first-order chi connectivity index (χ1) is 8.15. The molecule has 0 aliphatic heterocycles. The van der Waals surface area contributed by atoms with Crippen molar-refractivity contribution < 1.29 is 4.92 Å². The van der Waals surface area contributed by atoms with Gasteiger partial charge in [-0.15, -0.1) is 0 Å². The predicted octanol–water partition coefficient (Wildman–Crippen LogP) is 2.83. The van der Waals surface area contributed by atoms with Gasteiger partial charge in [0, 0.05) is 30.0 Å². The minimum absolute atomic E-state index is 0.190. The lowest BCUT2D eigenvalue weighted by atomic mass is 10.2. The highest BCUT2D eigenvalue weighted by atomic mass is 32.2. The molecular formula is C12H18N2O2S. The summed E-state index contributed by atoms with van der Waals surface area (Å²) in [7, 11) is 0. The van der Waals surface area contributed by atoms with Crippen LogP contribution in [0.3, 0.4) is 0 Å². The van der Waals surface area contributed by atoms with E-state index in [-0.39, 0.29) is 10.6 Å². The minimum Gasteiger partial charge on any atom is -0.309 e. The first kappa shape index (κ1) is 14.0. The topological polar surface area (TPSA) is 55.2 Å². The van der Waals surface area contributed by atoms with E-state index in [9.17, 15) is 10.1 Å². The molecule has 0 saturated carbocycles. The first-order valence-electron chi connectivity index (χ1n) is 5.68. The Morgan fingerprint density at radius 2 is 2.18 bits per heavy atom. The molecular weight excluding hydrogens is 236 g/mol. The van der Waals surface area contributed by atoms with Crippen molar-refractivity contribution in [3.8, 4) is 0 Å². The van der Waals surface area contributed by atoms with Crippen LogP contribution in [-0.2, 0) is 6.54 Å². The van der Waals surface area contributed by atoms with E-state index in [0.717, 1.165) is 17.1 Å². The largest absolute Gasteiger partial charge is 0.309 e. The number of nitro groups is 1. The van der Waals surface area contributed by atoms with E-state index in [1.165, 1.54) is 0 Å². The molecule has 0 aliphatic rings. The molecule has 17 heavy (non-hydrogen) atoms. The van der Waals surface area contributed by atoms with Crippen LogP contribution < -0.4 is 5.32 Å². The molecule has 0 heterocycles. The number of para-hydroxylation sites is 1. The molecule has 0 aromatic heterocycles. The van der Waals surface area contributed by atoms with Crippen molar-refractivity contribution in [1.29, 1.82) is 0 Å². The molecule has 5 heteroatoms. The highest BCUT2D eigenvalue weighted by Crippen LogP contribution is 2.17. The molecule has 1 rings (SSSR count). The van der Waals surface area contributed by atoms with E-state index in [2.05, 4.69) is 19.2 Å². The van der Waals surface area contributed by atoms with Crippen molar-refractivity contribution in [1.82, 2.24) is 5.32 Å². The summed E-state index contributed by atoms with van der Waals surface area (Å²) >= 11 is 1.87. The fourth-order valence-corrected chi connectivity index (χ4v) is 2.18. The van der Waals surface area contributed by atoms with Crippen LogP contribution in [0.1, 0.15) is 19.4 Å². The number of thioether (sulfide) groups is 1. The lowest BCUT2D eigenvalue weighted by Crippen LogP contribution is -2.28. The van der Waals surface area contributed by atoms with Gasteiger partial charge in [-0.05, 0) is 12.7 Å². The maximum atomic E-state index is 10.8. The quantitative estimate of drug-likeness (QED) is 0.600. The van der Waals surface area contributed by atoms with Crippen molar-refractivity contribution in [2.75, 3.05) is 11.5 Å². The van der Waals surface area contributed by atoms with E-state index < -0.39 is 0 Å². The van der Waals surface area contributed by atoms with Crippen LogP contribution in [0.2, 0.25) is 0 Å². The van der Waals surface area contributed by atoms with Crippen molar-refractivity contribution in [3.05, 3.63) is 39.9 Å². The van der Waals surface area contributed by atoms with Crippen molar-refractivity contribution in [3.63, 3.8) is 0 Å². The molecule has 1 atom stereocenters. The van der Waals surface area contributed by atoms with Crippen molar-refractivity contribution in [2.45, 2.75) is 26.4 Å². The maximum Gasteiger partial charge on any atom is 0.273 e. The number of benzene rings is 1. The standard InChI is InChI=1S/C12H18N2O2S/c1-3-17-9-10(2)13-8-11-6-4-5-7-12(11)14(15)16/h4-7,10,13H,3,8-9H2,1-2H3. The fraction of sp³-hybridized carbons (Fsp3) is 0.500. The van der Waals surface area contributed by atoms with Crippen LogP contribution in [0.5, 0.6) is 0 Å². The SMILES string of the molecule is CCSCC(C)NCc1ccccc1[N+](=O)[O-]. The Labute approximate surface area is 106 Å². The molecule has 0 radical (unpaired) electrons. The maximum absolute atomic E-state index is 10.8. The summed E-state index contributed by atoms with van der Waals surface area (Å²) < 4.78 is 0. The van der Waals surface area contributed by atoms with Crippen LogP contribution in [0.4, 0.5) is 5.69 Å². The van der Waals surface area contributed by atoms with Gasteiger partial charge in [0.2, 0.25) is 0 Å². The zero-order valence-electron chi connectivity index (χ0n) is 10.2. The highest BCUT2D eigenvalue weighted by Gasteiger charge is 2.12. The second-order valence-electron chi connectivity index (χ2n) is 3.83. The summed E-state index contributed by atoms with van der Waals surface area (Å²) in [5, 5.41) is 14.1. The van der Waals surface area contributed by atoms with Gasteiger partial charge >= 0.3 is 0 Å². The molecule has 94 valence electrons. The van der Waals surface area contributed by atoms with E-state index >= 15 is 0 Å². The van der Waals surface area contributed by atoms with E-state index in [1.807, 2.05) is 17.8 Å². The summed E-state index contributed by atoms with van der Waals surface area (Å²) in [6.45, 7) is 4.76. The summed E-state index contributed by atoms with van der Waals surface area (Å²) in [4.78, 5) is 10.5. The van der Waals surface area contributed by atoms with Gasteiger partial charge in [0.1, 0.15) is 0 Å². The Morgan fingerprint density at radius 3 is 2.82 bits per heavy atom. The van der Waals surface area contributed by atoms with Gasteiger partial charge in [-0.1, -0.05) is 25.1 Å². The van der Waals surface area contributed by atoms with Crippen LogP contribution in [0, 0.1) is 10.1 Å². The van der Waals surface area contributed by atoms with E-state index in [0.29, 0.717) is 12.6 Å². The Hall–Kier alpha value is -1.07. The smallest absolute Gasteiger partial charge is 0.273 e. The molecule has 1 N–H and O–H groups in total. The Bertz CT molecular complexity index is 371. The molecule has 0 fully saturated rings. The van der Waals surface area contributed by atoms with Crippen molar-refractivity contribution in [2.24, 2.45) is 0 Å². The molecule has 1 aromatic rings. The van der Waals surface area contributed by atoms with Gasteiger partial charge in [-0.3, -0.25) is 10.1 Å². The third kappa shape index (κ3) is 4.75. The van der Waals surface area contributed by atoms with Gasteiger partial charge in [-0.25, -0.2) is 0 Å². The molecule has 0 amide bonds. The number of nitro benzene ring substituents is 1. The zero-order valence-corrected chi connectivity index (χ0v) is 11.0. The number of hydrogen-bond donors (Lipinski definition) is 1. The van der Waals surface area contributed by atoms with E-state index in [1.54, 1.807) is 18.2 Å². The lowest BCUT2D eigenvalue weighted by Gasteiger charge is -2.12. The number of nitrogens with zero attached hydrogens (tertiary/aromatic N) is 1.